The predicted octanol–water partition coefficient (Wildman–Crippen LogP) is 1.73. The highest BCUT2D eigenvalue weighted by molar-refractivity contribution is 7.11. The van der Waals surface area contributed by atoms with Crippen LogP contribution in [0.5, 0.6) is 0 Å². The monoisotopic (exact) mass is 285 g/mol. The molecule has 1 aromatic rings. The molecule has 1 atom stereocenters. The molecular formula is C13H23N3O2S. The molecule has 0 amide bonds. The number of hydrogen-bond donors (Lipinski definition) is 1. The van der Waals surface area contributed by atoms with Gasteiger partial charge in [0.2, 0.25) is 0 Å². The quantitative estimate of drug-likeness (QED) is 0.737. The Kier molecular flexibility index (Phi) is 5.69. The molecule has 0 aliphatic carbocycles. The van der Waals surface area contributed by atoms with Crippen molar-refractivity contribution in [3.63, 3.8) is 0 Å². The minimum Gasteiger partial charge on any atom is -0.383 e. The van der Waals surface area contributed by atoms with Crippen molar-refractivity contribution in [3.05, 3.63) is 10.0 Å². The number of rotatable bonds is 8. The minimum absolute atomic E-state index is 0.188. The molecule has 1 aliphatic heterocycles. The third kappa shape index (κ3) is 4.21. The third-order valence-electron chi connectivity index (χ3n) is 3.37. The molecule has 19 heavy (non-hydrogen) atoms. The average molecular weight is 285 g/mol. The number of hydrogen-bond acceptors (Lipinski definition) is 6. The van der Waals surface area contributed by atoms with E-state index in [9.17, 15) is 0 Å². The lowest BCUT2D eigenvalue weighted by molar-refractivity contribution is 0.0161. The van der Waals surface area contributed by atoms with Crippen molar-refractivity contribution in [2.45, 2.75) is 38.2 Å². The second-order valence-corrected chi connectivity index (χ2v) is 6.09. The van der Waals surface area contributed by atoms with Gasteiger partial charge in [-0.3, -0.25) is 0 Å². The van der Waals surface area contributed by atoms with Crippen LogP contribution in [0, 0.1) is 0 Å². The van der Waals surface area contributed by atoms with Crippen molar-refractivity contribution < 1.29 is 9.47 Å². The Hall–Kier alpha value is -0.560. The highest BCUT2D eigenvalue weighted by Gasteiger charge is 2.35. The van der Waals surface area contributed by atoms with E-state index in [0.717, 1.165) is 62.0 Å². The summed E-state index contributed by atoms with van der Waals surface area (Å²) in [6, 6.07) is 0. The summed E-state index contributed by atoms with van der Waals surface area (Å²) < 4.78 is 10.8. The van der Waals surface area contributed by atoms with E-state index < -0.39 is 0 Å². The maximum absolute atomic E-state index is 5.79. The van der Waals surface area contributed by atoms with Gasteiger partial charge >= 0.3 is 0 Å². The first-order valence-electron chi connectivity index (χ1n) is 6.91. The number of nitrogens with one attached hydrogen (secondary N) is 1. The van der Waals surface area contributed by atoms with Gasteiger partial charge in [0, 0.05) is 26.7 Å². The van der Waals surface area contributed by atoms with Crippen LogP contribution in [0.25, 0.3) is 0 Å². The smallest absolute Gasteiger partial charge is 0.149 e. The Morgan fingerprint density at radius 1 is 1.42 bits per heavy atom. The maximum atomic E-state index is 5.79. The molecule has 108 valence electrons. The Bertz CT molecular complexity index is 378. The summed E-state index contributed by atoms with van der Waals surface area (Å²) >= 11 is 1.70. The first kappa shape index (κ1) is 14.8. The van der Waals surface area contributed by atoms with Crippen molar-refractivity contribution in [3.8, 4) is 0 Å². The van der Waals surface area contributed by atoms with Crippen molar-refractivity contribution in [1.82, 2.24) is 15.5 Å². The third-order valence-corrected chi connectivity index (χ3v) is 4.59. The number of nitrogens with zero attached hydrogens (tertiary/aromatic N) is 2. The van der Waals surface area contributed by atoms with Crippen molar-refractivity contribution in [2.75, 3.05) is 33.4 Å². The van der Waals surface area contributed by atoms with Crippen LogP contribution in [0.4, 0.5) is 0 Å². The average Bonchev–Trinajstić information content (AvgIpc) is 3.03. The molecule has 2 rings (SSSR count). The Balaban J connectivity index is 1.72. The molecule has 6 heteroatoms. The van der Waals surface area contributed by atoms with Gasteiger partial charge in [0.1, 0.15) is 15.6 Å². The molecule has 0 radical (unpaired) electrons. The summed E-state index contributed by atoms with van der Waals surface area (Å²) in [7, 11) is 1.72. The van der Waals surface area contributed by atoms with Gasteiger partial charge in [-0.2, -0.15) is 0 Å². The van der Waals surface area contributed by atoms with E-state index in [1.54, 1.807) is 18.4 Å². The summed E-state index contributed by atoms with van der Waals surface area (Å²) in [6.07, 6.45) is 4.23. The van der Waals surface area contributed by atoms with Gasteiger partial charge in [-0.05, 0) is 32.7 Å². The van der Waals surface area contributed by atoms with Crippen LogP contribution < -0.4 is 5.32 Å². The molecule has 0 saturated carbocycles. The topological polar surface area (TPSA) is 56.3 Å². The fourth-order valence-electron chi connectivity index (χ4n) is 2.18. The molecule has 1 unspecified atom stereocenters. The summed E-state index contributed by atoms with van der Waals surface area (Å²) in [5.41, 5.74) is -0.188. The second-order valence-electron chi connectivity index (χ2n) is 5.03. The van der Waals surface area contributed by atoms with Gasteiger partial charge in [-0.1, -0.05) is 11.3 Å². The molecule has 0 bridgehead atoms. The summed E-state index contributed by atoms with van der Waals surface area (Å²) in [5.74, 6) is 0. The van der Waals surface area contributed by atoms with Crippen LogP contribution in [-0.4, -0.2) is 43.6 Å². The number of aromatic nitrogens is 2. The molecule has 1 saturated heterocycles. The first-order valence-corrected chi connectivity index (χ1v) is 7.73. The van der Waals surface area contributed by atoms with Crippen LogP contribution in [0.3, 0.4) is 0 Å². The van der Waals surface area contributed by atoms with Crippen LogP contribution >= 0.6 is 11.3 Å². The molecule has 1 fully saturated rings. The van der Waals surface area contributed by atoms with Crippen LogP contribution in [0.15, 0.2) is 0 Å². The van der Waals surface area contributed by atoms with Crippen LogP contribution in [-0.2, 0) is 21.5 Å². The SMILES string of the molecule is COCCNCCCc1nnc(C2(C)CCCO2)s1. The lowest BCUT2D eigenvalue weighted by Gasteiger charge is -2.18. The largest absolute Gasteiger partial charge is 0.383 e. The van der Waals surface area contributed by atoms with Crippen LogP contribution in [0.1, 0.15) is 36.2 Å². The van der Waals surface area contributed by atoms with E-state index in [0.29, 0.717) is 0 Å². The lowest BCUT2D eigenvalue weighted by atomic mass is 10.0. The molecule has 1 N–H and O–H groups in total. The molecule has 0 spiro atoms. The van der Waals surface area contributed by atoms with E-state index in [1.165, 1.54) is 0 Å². The zero-order valence-electron chi connectivity index (χ0n) is 11.8. The molecule has 2 heterocycles. The highest BCUT2D eigenvalue weighted by Crippen LogP contribution is 2.37. The van der Waals surface area contributed by atoms with Crippen molar-refractivity contribution in [2.24, 2.45) is 0 Å². The second kappa shape index (κ2) is 7.28. The zero-order valence-corrected chi connectivity index (χ0v) is 12.6. The summed E-state index contributed by atoms with van der Waals surface area (Å²) in [5, 5.41) is 14.1. The van der Waals surface area contributed by atoms with E-state index in [1.807, 2.05) is 0 Å². The molecule has 5 nitrogen and oxygen atoms in total. The zero-order chi connectivity index (χ0) is 13.6. The summed E-state index contributed by atoms with van der Waals surface area (Å²) in [4.78, 5) is 0. The van der Waals surface area contributed by atoms with Gasteiger partial charge in [0.15, 0.2) is 0 Å². The fourth-order valence-corrected chi connectivity index (χ4v) is 3.19. The molecule has 0 aromatic carbocycles. The highest BCUT2D eigenvalue weighted by atomic mass is 32.1. The first-order chi connectivity index (χ1) is 9.24. The fraction of sp³-hybridized carbons (Fsp3) is 0.846. The lowest BCUT2D eigenvalue weighted by Crippen LogP contribution is -2.20. The van der Waals surface area contributed by atoms with E-state index in [2.05, 4.69) is 22.4 Å². The Labute approximate surface area is 118 Å². The molecule has 1 aliphatic rings. The van der Waals surface area contributed by atoms with Gasteiger partial charge in [0.25, 0.3) is 0 Å². The van der Waals surface area contributed by atoms with Gasteiger partial charge in [0.05, 0.1) is 6.61 Å². The van der Waals surface area contributed by atoms with Gasteiger partial charge in [-0.15, -0.1) is 10.2 Å². The maximum Gasteiger partial charge on any atom is 0.149 e. The summed E-state index contributed by atoms with van der Waals surface area (Å²) in [6.45, 7) is 5.62. The van der Waals surface area contributed by atoms with Gasteiger partial charge in [-0.25, -0.2) is 0 Å². The van der Waals surface area contributed by atoms with E-state index in [-0.39, 0.29) is 5.60 Å². The Morgan fingerprint density at radius 3 is 3.05 bits per heavy atom. The van der Waals surface area contributed by atoms with E-state index in [4.69, 9.17) is 9.47 Å². The standard InChI is InChI=1S/C13H23N3O2S/c1-13(6-4-9-18-13)12-16-15-11(19-12)5-3-7-14-8-10-17-2/h14H,3-10H2,1-2H3. The van der Waals surface area contributed by atoms with Crippen LogP contribution in [0.2, 0.25) is 0 Å². The van der Waals surface area contributed by atoms with Crippen molar-refractivity contribution in [1.29, 1.82) is 0 Å². The van der Waals surface area contributed by atoms with E-state index >= 15 is 0 Å². The number of aryl methyl sites for hydroxylation is 1. The minimum atomic E-state index is -0.188. The molecule has 1 aromatic heterocycles. The predicted molar refractivity (Wildman–Crippen MR) is 75.5 cm³/mol. The number of methoxy groups -OCH3 is 1. The van der Waals surface area contributed by atoms with Gasteiger partial charge < -0.3 is 14.8 Å². The Morgan fingerprint density at radius 2 is 2.32 bits per heavy atom. The molecular weight excluding hydrogens is 262 g/mol. The van der Waals surface area contributed by atoms with Crippen molar-refractivity contribution >= 4 is 11.3 Å². The normalized spacial score (nSPS) is 23.1. The number of ether oxygens (including phenoxy) is 2.